The summed E-state index contributed by atoms with van der Waals surface area (Å²) in [6, 6.07) is 3.86. The first-order chi connectivity index (χ1) is 9.69. The summed E-state index contributed by atoms with van der Waals surface area (Å²) in [7, 11) is 0. The van der Waals surface area contributed by atoms with Crippen LogP contribution in [0.15, 0.2) is 18.2 Å². The highest BCUT2D eigenvalue weighted by Gasteiger charge is 2.17. The number of hydrogen-bond acceptors (Lipinski definition) is 2. The highest BCUT2D eigenvalue weighted by molar-refractivity contribution is 5.18. The van der Waals surface area contributed by atoms with Gasteiger partial charge >= 0.3 is 0 Å². The lowest BCUT2D eigenvalue weighted by Gasteiger charge is -2.34. The van der Waals surface area contributed by atoms with Gasteiger partial charge in [0, 0.05) is 44.4 Å². The van der Waals surface area contributed by atoms with Crippen molar-refractivity contribution >= 4 is 0 Å². The maximum atomic E-state index is 13.6. The second-order valence-corrected chi connectivity index (χ2v) is 5.56. The standard InChI is InChI=1S/C16H24F2N2/c1-2-3-4-7-19-8-10-20(11-9-19)13-14-5-6-15(17)12-16(14)18/h5-6,12H,2-4,7-11,13H2,1H3. The Morgan fingerprint density at radius 3 is 2.35 bits per heavy atom. The maximum Gasteiger partial charge on any atom is 0.130 e. The van der Waals surface area contributed by atoms with Crippen LogP contribution in [0.1, 0.15) is 31.7 Å². The fourth-order valence-electron chi connectivity index (χ4n) is 2.65. The third-order valence-corrected chi connectivity index (χ3v) is 3.95. The minimum absolute atomic E-state index is 0.435. The Kier molecular flexibility index (Phi) is 5.92. The van der Waals surface area contributed by atoms with Crippen molar-refractivity contribution in [2.24, 2.45) is 0 Å². The Labute approximate surface area is 120 Å². The van der Waals surface area contributed by atoms with Gasteiger partial charge in [-0.3, -0.25) is 4.90 Å². The van der Waals surface area contributed by atoms with Crippen LogP contribution in [0.4, 0.5) is 8.78 Å². The Balaban J connectivity index is 1.76. The molecule has 2 nitrogen and oxygen atoms in total. The average molecular weight is 282 g/mol. The second kappa shape index (κ2) is 7.70. The number of piperazine rings is 1. The molecule has 1 saturated heterocycles. The number of unbranched alkanes of at least 4 members (excludes halogenated alkanes) is 2. The molecule has 0 unspecified atom stereocenters. The molecule has 1 aromatic carbocycles. The van der Waals surface area contributed by atoms with E-state index in [0.717, 1.165) is 32.2 Å². The summed E-state index contributed by atoms with van der Waals surface area (Å²) in [6.07, 6.45) is 3.81. The molecule has 0 amide bonds. The van der Waals surface area contributed by atoms with Crippen molar-refractivity contribution in [3.8, 4) is 0 Å². The van der Waals surface area contributed by atoms with Crippen molar-refractivity contribution in [3.63, 3.8) is 0 Å². The Bertz CT molecular complexity index is 415. The third-order valence-electron chi connectivity index (χ3n) is 3.95. The summed E-state index contributed by atoms with van der Waals surface area (Å²) in [5.41, 5.74) is 0.589. The molecule has 0 radical (unpaired) electrons. The molecule has 0 bridgehead atoms. The van der Waals surface area contributed by atoms with Crippen LogP contribution in [0, 0.1) is 11.6 Å². The van der Waals surface area contributed by atoms with Crippen molar-refractivity contribution < 1.29 is 8.78 Å². The maximum absolute atomic E-state index is 13.6. The Morgan fingerprint density at radius 2 is 1.70 bits per heavy atom. The number of rotatable bonds is 6. The fraction of sp³-hybridized carbons (Fsp3) is 0.625. The van der Waals surface area contributed by atoms with Crippen molar-refractivity contribution in [2.45, 2.75) is 32.7 Å². The molecule has 2 rings (SSSR count). The van der Waals surface area contributed by atoms with Crippen molar-refractivity contribution in [3.05, 3.63) is 35.4 Å². The minimum atomic E-state index is -0.507. The number of halogens is 2. The van der Waals surface area contributed by atoms with Gasteiger partial charge in [0.05, 0.1) is 0 Å². The van der Waals surface area contributed by atoms with E-state index in [-0.39, 0.29) is 0 Å². The van der Waals surface area contributed by atoms with Gasteiger partial charge in [0.1, 0.15) is 11.6 Å². The van der Waals surface area contributed by atoms with Crippen LogP contribution in [0.2, 0.25) is 0 Å². The smallest absolute Gasteiger partial charge is 0.130 e. The summed E-state index contributed by atoms with van der Waals surface area (Å²) in [5.74, 6) is -0.942. The van der Waals surface area contributed by atoms with Gasteiger partial charge in [-0.05, 0) is 19.0 Å². The predicted molar refractivity (Wildman–Crippen MR) is 77.6 cm³/mol. The first-order valence-corrected chi connectivity index (χ1v) is 7.57. The summed E-state index contributed by atoms with van der Waals surface area (Å²) in [6.45, 7) is 7.99. The molecule has 0 saturated carbocycles. The molecule has 1 aliphatic heterocycles. The molecular weight excluding hydrogens is 258 g/mol. The van der Waals surface area contributed by atoms with Crippen LogP contribution in [0.5, 0.6) is 0 Å². The van der Waals surface area contributed by atoms with Gasteiger partial charge < -0.3 is 4.90 Å². The molecule has 0 aromatic heterocycles. The second-order valence-electron chi connectivity index (χ2n) is 5.56. The molecule has 112 valence electrons. The van der Waals surface area contributed by atoms with E-state index in [2.05, 4.69) is 16.7 Å². The summed E-state index contributed by atoms with van der Waals surface area (Å²) in [4.78, 5) is 4.72. The molecule has 0 atom stereocenters. The largest absolute Gasteiger partial charge is 0.301 e. The number of benzene rings is 1. The molecule has 1 fully saturated rings. The highest BCUT2D eigenvalue weighted by atomic mass is 19.1. The van der Waals surface area contributed by atoms with Gasteiger partial charge in [-0.2, -0.15) is 0 Å². The summed E-state index contributed by atoms with van der Waals surface area (Å²) in [5, 5.41) is 0. The first kappa shape index (κ1) is 15.4. The molecule has 1 heterocycles. The average Bonchev–Trinajstić information content (AvgIpc) is 2.44. The number of nitrogens with zero attached hydrogens (tertiary/aromatic N) is 2. The molecule has 4 heteroatoms. The van der Waals surface area contributed by atoms with E-state index in [9.17, 15) is 8.78 Å². The highest BCUT2D eigenvalue weighted by Crippen LogP contribution is 2.14. The van der Waals surface area contributed by atoms with Gasteiger partial charge in [0.15, 0.2) is 0 Å². The van der Waals surface area contributed by atoms with E-state index in [1.807, 2.05) is 0 Å². The van der Waals surface area contributed by atoms with Gasteiger partial charge in [-0.1, -0.05) is 25.8 Å². The van der Waals surface area contributed by atoms with E-state index in [1.54, 1.807) is 6.07 Å². The molecule has 1 aromatic rings. The topological polar surface area (TPSA) is 6.48 Å². The van der Waals surface area contributed by atoms with Crippen molar-refractivity contribution in [2.75, 3.05) is 32.7 Å². The third kappa shape index (κ3) is 4.53. The predicted octanol–water partition coefficient (Wildman–Crippen LogP) is 3.27. The van der Waals surface area contributed by atoms with E-state index in [0.29, 0.717) is 12.1 Å². The first-order valence-electron chi connectivity index (χ1n) is 7.57. The zero-order valence-electron chi connectivity index (χ0n) is 12.2. The molecule has 0 N–H and O–H groups in total. The minimum Gasteiger partial charge on any atom is -0.301 e. The van der Waals surface area contributed by atoms with Crippen LogP contribution < -0.4 is 0 Å². The van der Waals surface area contributed by atoms with E-state index in [4.69, 9.17) is 0 Å². The normalized spacial score (nSPS) is 17.6. The van der Waals surface area contributed by atoms with Crippen LogP contribution in [-0.4, -0.2) is 42.5 Å². The number of hydrogen-bond donors (Lipinski definition) is 0. The van der Waals surface area contributed by atoms with Gasteiger partial charge in [0.25, 0.3) is 0 Å². The summed E-state index contributed by atoms with van der Waals surface area (Å²) >= 11 is 0. The molecule has 0 aliphatic carbocycles. The lowest BCUT2D eigenvalue weighted by Crippen LogP contribution is -2.46. The van der Waals surface area contributed by atoms with E-state index in [1.165, 1.54) is 31.9 Å². The van der Waals surface area contributed by atoms with Crippen LogP contribution in [0.25, 0.3) is 0 Å². The Morgan fingerprint density at radius 1 is 1.00 bits per heavy atom. The van der Waals surface area contributed by atoms with Gasteiger partial charge in [-0.25, -0.2) is 8.78 Å². The monoisotopic (exact) mass is 282 g/mol. The van der Waals surface area contributed by atoms with Crippen LogP contribution in [0.3, 0.4) is 0 Å². The van der Waals surface area contributed by atoms with Gasteiger partial charge in [-0.15, -0.1) is 0 Å². The molecule has 0 spiro atoms. The quantitative estimate of drug-likeness (QED) is 0.739. The molecule has 1 aliphatic rings. The van der Waals surface area contributed by atoms with E-state index < -0.39 is 11.6 Å². The van der Waals surface area contributed by atoms with Gasteiger partial charge in [0.2, 0.25) is 0 Å². The lowest BCUT2D eigenvalue weighted by atomic mass is 10.1. The SMILES string of the molecule is CCCCCN1CCN(Cc2ccc(F)cc2F)CC1. The molecular formula is C16H24F2N2. The molecule has 20 heavy (non-hydrogen) atoms. The lowest BCUT2D eigenvalue weighted by molar-refractivity contribution is 0.124. The van der Waals surface area contributed by atoms with Crippen LogP contribution >= 0.6 is 0 Å². The fourth-order valence-corrected chi connectivity index (χ4v) is 2.65. The zero-order valence-corrected chi connectivity index (χ0v) is 12.2. The Hall–Kier alpha value is -1.00. The van der Waals surface area contributed by atoms with E-state index >= 15 is 0 Å². The summed E-state index contributed by atoms with van der Waals surface area (Å²) < 4.78 is 26.5. The van der Waals surface area contributed by atoms with Crippen molar-refractivity contribution in [1.29, 1.82) is 0 Å². The zero-order chi connectivity index (χ0) is 14.4. The van der Waals surface area contributed by atoms with Crippen LogP contribution in [-0.2, 0) is 6.54 Å². The van der Waals surface area contributed by atoms with Crippen molar-refractivity contribution in [1.82, 2.24) is 9.80 Å².